The van der Waals surface area contributed by atoms with E-state index in [0.717, 1.165) is 30.3 Å². The van der Waals surface area contributed by atoms with Crippen molar-refractivity contribution in [2.24, 2.45) is 0 Å². The van der Waals surface area contributed by atoms with Crippen molar-refractivity contribution in [3.63, 3.8) is 0 Å². The van der Waals surface area contributed by atoms with Gasteiger partial charge in [-0.3, -0.25) is 9.97 Å². The average molecular weight is 209 g/mol. The number of nitrogens with one attached hydrogen (secondary N) is 1. The SMILES string of the molecule is C=CCSCCNCc1cnccn1. The lowest BCUT2D eigenvalue weighted by molar-refractivity contribution is 0.712. The summed E-state index contributed by atoms with van der Waals surface area (Å²) in [5, 5.41) is 3.30. The van der Waals surface area contributed by atoms with Crippen molar-refractivity contribution < 1.29 is 0 Å². The van der Waals surface area contributed by atoms with Crippen LogP contribution in [-0.4, -0.2) is 28.0 Å². The first-order chi connectivity index (χ1) is 6.93. The van der Waals surface area contributed by atoms with Crippen LogP contribution in [0.2, 0.25) is 0 Å². The molecule has 0 fully saturated rings. The predicted molar refractivity (Wildman–Crippen MR) is 61.3 cm³/mol. The zero-order valence-electron chi connectivity index (χ0n) is 8.15. The summed E-state index contributed by atoms with van der Waals surface area (Å²) in [4.78, 5) is 8.16. The molecule has 14 heavy (non-hydrogen) atoms. The van der Waals surface area contributed by atoms with Crippen LogP contribution in [0.4, 0.5) is 0 Å². The first-order valence-corrected chi connectivity index (χ1v) is 5.73. The van der Waals surface area contributed by atoms with Crippen molar-refractivity contribution in [3.8, 4) is 0 Å². The summed E-state index contributed by atoms with van der Waals surface area (Å²) in [6.45, 7) is 5.46. The average Bonchev–Trinajstić information content (AvgIpc) is 2.25. The van der Waals surface area contributed by atoms with Crippen LogP contribution in [0, 0.1) is 0 Å². The van der Waals surface area contributed by atoms with Gasteiger partial charge < -0.3 is 5.32 Å². The van der Waals surface area contributed by atoms with Gasteiger partial charge in [0.05, 0.1) is 5.69 Å². The van der Waals surface area contributed by atoms with Crippen LogP contribution >= 0.6 is 11.8 Å². The molecule has 0 aliphatic carbocycles. The Labute approximate surface area is 89.0 Å². The lowest BCUT2D eigenvalue weighted by Crippen LogP contribution is -2.17. The second-order valence-corrected chi connectivity index (χ2v) is 3.89. The van der Waals surface area contributed by atoms with E-state index in [4.69, 9.17) is 0 Å². The largest absolute Gasteiger partial charge is 0.310 e. The highest BCUT2D eigenvalue weighted by molar-refractivity contribution is 7.99. The Kier molecular flexibility index (Phi) is 6.02. The van der Waals surface area contributed by atoms with Crippen LogP contribution < -0.4 is 5.32 Å². The molecule has 0 aliphatic rings. The summed E-state index contributed by atoms with van der Waals surface area (Å²) in [6, 6.07) is 0. The quantitative estimate of drug-likeness (QED) is 0.545. The van der Waals surface area contributed by atoms with Crippen LogP contribution in [0.5, 0.6) is 0 Å². The predicted octanol–water partition coefficient (Wildman–Crippen LogP) is 1.49. The van der Waals surface area contributed by atoms with Crippen LogP contribution in [0.3, 0.4) is 0 Å². The van der Waals surface area contributed by atoms with Crippen LogP contribution in [0.25, 0.3) is 0 Å². The zero-order valence-corrected chi connectivity index (χ0v) is 8.96. The third-order valence-corrected chi connectivity index (χ3v) is 2.55. The van der Waals surface area contributed by atoms with Gasteiger partial charge in [-0.25, -0.2) is 0 Å². The molecule has 1 rings (SSSR count). The Morgan fingerprint density at radius 2 is 2.43 bits per heavy atom. The van der Waals surface area contributed by atoms with Crippen LogP contribution in [-0.2, 0) is 6.54 Å². The van der Waals surface area contributed by atoms with Gasteiger partial charge in [0.15, 0.2) is 0 Å². The van der Waals surface area contributed by atoms with Crippen molar-refractivity contribution in [1.82, 2.24) is 15.3 Å². The van der Waals surface area contributed by atoms with Crippen LogP contribution in [0.15, 0.2) is 31.2 Å². The minimum Gasteiger partial charge on any atom is -0.310 e. The van der Waals surface area contributed by atoms with E-state index in [2.05, 4.69) is 21.9 Å². The molecule has 0 aliphatic heterocycles. The van der Waals surface area contributed by atoms with E-state index in [1.165, 1.54) is 0 Å². The number of aromatic nitrogens is 2. The molecule has 1 N–H and O–H groups in total. The molecule has 3 nitrogen and oxygen atoms in total. The maximum absolute atomic E-state index is 4.16. The highest BCUT2D eigenvalue weighted by atomic mass is 32.2. The van der Waals surface area contributed by atoms with E-state index < -0.39 is 0 Å². The smallest absolute Gasteiger partial charge is 0.0724 e. The summed E-state index contributed by atoms with van der Waals surface area (Å²) in [6.07, 6.45) is 7.10. The van der Waals surface area contributed by atoms with E-state index in [-0.39, 0.29) is 0 Å². The second kappa shape index (κ2) is 7.53. The van der Waals surface area contributed by atoms with Gasteiger partial charge in [-0.15, -0.1) is 6.58 Å². The number of rotatable bonds is 7. The molecule has 0 radical (unpaired) electrons. The molecule has 0 saturated heterocycles. The van der Waals surface area contributed by atoms with E-state index in [1.54, 1.807) is 18.6 Å². The van der Waals surface area contributed by atoms with E-state index in [0.29, 0.717) is 0 Å². The molecule has 1 aromatic heterocycles. The molecule has 0 unspecified atom stereocenters. The highest BCUT2D eigenvalue weighted by Crippen LogP contribution is 1.97. The zero-order chi connectivity index (χ0) is 10.1. The summed E-state index contributed by atoms with van der Waals surface area (Å²) < 4.78 is 0. The minimum absolute atomic E-state index is 0.794. The standard InChI is InChI=1S/C10H15N3S/c1-2-6-14-7-5-12-9-10-8-11-3-4-13-10/h2-4,8,12H,1,5-7,9H2. The van der Waals surface area contributed by atoms with Crippen molar-refractivity contribution >= 4 is 11.8 Å². The molecule has 0 saturated carbocycles. The molecule has 1 aromatic rings. The maximum Gasteiger partial charge on any atom is 0.0724 e. The Morgan fingerprint density at radius 3 is 3.14 bits per heavy atom. The molecule has 0 amide bonds. The summed E-state index contributed by atoms with van der Waals surface area (Å²) in [7, 11) is 0. The Morgan fingerprint density at radius 1 is 1.50 bits per heavy atom. The Hall–Kier alpha value is -0.870. The maximum atomic E-state index is 4.16. The fourth-order valence-electron chi connectivity index (χ4n) is 0.949. The molecular formula is C10H15N3S. The Bertz CT molecular complexity index is 251. The lowest BCUT2D eigenvalue weighted by atomic mass is 10.4. The molecule has 0 aromatic carbocycles. The normalized spacial score (nSPS) is 10.0. The fourth-order valence-corrected chi connectivity index (χ4v) is 1.57. The molecule has 76 valence electrons. The second-order valence-electron chi connectivity index (χ2n) is 2.74. The van der Waals surface area contributed by atoms with Gasteiger partial charge in [0.1, 0.15) is 0 Å². The third kappa shape index (κ3) is 4.99. The van der Waals surface area contributed by atoms with E-state index in [1.807, 2.05) is 17.8 Å². The molecule has 0 atom stereocenters. The van der Waals surface area contributed by atoms with Gasteiger partial charge in [-0.2, -0.15) is 11.8 Å². The number of thioether (sulfide) groups is 1. The van der Waals surface area contributed by atoms with Gasteiger partial charge in [0, 0.05) is 43.2 Å². The molecule has 1 heterocycles. The third-order valence-electron chi connectivity index (χ3n) is 1.58. The number of hydrogen-bond donors (Lipinski definition) is 1. The van der Waals surface area contributed by atoms with Crippen molar-refractivity contribution in [1.29, 1.82) is 0 Å². The van der Waals surface area contributed by atoms with Crippen molar-refractivity contribution in [2.75, 3.05) is 18.1 Å². The Balaban J connectivity index is 2.02. The topological polar surface area (TPSA) is 37.8 Å². The lowest BCUT2D eigenvalue weighted by Gasteiger charge is -2.02. The first kappa shape index (κ1) is 11.2. The molecule has 0 bridgehead atoms. The van der Waals surface area contributed by atoms with E-state index in [9.17, 15) is 0 Å². The monoisotopic (exact) mass is 209 g/mol. The highest BCUT2D eigenvalue weighted by Gasteiger charge is 1.92. The summed E-state index contributed by atoms with van der Waals surface area (Å²) in [5.74, 6) is 2.12. The van der Waals surface area contributed by atoms with E-state index >= 15 is 0 Å². The van der Waals surface area contributed by atoms with Crippen molar-refractivity contribution in [2.45, 2.75) is 6.54 Å². The fraction of sp³-hybridized carbons (Fsp3) is 0.400. The van der Waals surface area contributed by atoms with Crippen LogP contribution in [0.1, 0.15) is 5.69 Å². The number of nitrogens with zero attached hydrogens (tertiary/aromatic N) is 2. The number of hydrogen-bond acceptors (Lipinski definition) is 4. The van der Waals surface area contributed by atoms with Gasteiger partial charge in [0.2, 0.25) is 0 Å². The minimum atomic E-state index is 0.794. The van der Waals surface area contributed by atoms with Gasteiger partial charge >= 0.3 is 0 Å². The summed E-state index contributed by atoms with van der Waals surface area (Å²) in [5.41, 5.74) is 0.987. The summed E-state index contributed by atoms with van der Waals surface area (Å²) >= 11 is 1.87. The molecule has 4 heteroatoms. The van der Waals surface area contributed by atoms with Gasteiger partial charge in [0.25, 0.3) is 0 Å². The molecular weight excluding hydrogens is 194 g/mol. The van der Waals surface area contributed by atoms with Gasteiger partial charge in [-0.05, 0) is 0 Å². The van der Waals surface area contributed by atoms with Gasteiger partial charge in [-0.1, -0.05) is 6.08 Å². The van der Waals surface area contributed by atoms with Crippen molar-refractivity contribution in [3.05, 3.63) is 36.9 Å². The first-order valence-electron chi connectivity index (χ1n) is 4.57. The molecule has 0 spiro atoms.